The quantitative estimate of drug-likeness (QED) is 0.318. The van der Waals surface area contributed by atoms with Gasteiger partial charge in [0.15, 0.2) is 0 Å². The number of nitrogens with two attached hydrogens (primary N) is 1. The Morgan fingerprint density at radius 1 is 1.38 bits per heavy atom. The van der Waals surface area contributed by atoms with Gasteiger partial charge >= 0.3 is 0 Å². The summed E-state index contributed by atoms with van der Waals surface area (Å²) in [5, 5.41) is 12.1. The molecule has 0 aromatic heterocycles. The third kappa shape index (κ3) is 4.41. The average molecular weight is 202 g/mol. The van der Waals surface area contributed by atoms with Crippen molar-refractivity contribution in [2.45, 2.75) is 43.8 Å². The predicted molar refractivity (Wildman–Crippen MR) is 57.4 cm³/mol. The van der Waals surface area contributed by atoms with E-state index in [0.29, 0.717) is 12.3 Å². The minimum Gasteiger partial charge on any atom is -0.409 e. The zero-order valence-electron chi connectivity index (χ0n) is 7.91. The van der Waals surface area contributed by atoms with Gasteiger partial charge < -0.3 is 10.9 Å². The molecule has 1 saturated carbocycles. The molecular weight excluding hydrogens is 184 g/mol. The summed E-state index contributed by atoms with van der Waals surface area (Å²) >= 11 is 1.97. The minimum absolute atomic E-state index is 0.350. The fourth-order valence-electron chi connectivity index (χ4n) is 1.61. The Labute approximate surface area is 83.8 Å². The van der Waals surface area contributed by atoms with E-state index in [1.54, 1.807) is 0 Å². The van der Waals surface area contributed by atoms with Gasteiger partial charge in [0.1, 0.15) is 5.84 Å². The molecule has 0 radical (unpaired) electrons. The van der Waals surface area contributed by atoms with Crippen LogP contribution in [0.2, 0.25) is 0 Å². The van der Waals surface area contributed by atoms with Crippen LogP contribution in [0.1, 0.15) is 38.5 Å². The van der Waals surface area contributed by atoms with Crippen LogP contribution in [0.25, 0.3) is 0 Å². The smallest absolute Gasteiger partial charge is 0.139 e. The first-order chi connectivity index (χ1) is 6.33. The summed E-state index contributed by atoms with van der Waals surface area (Å²) in [4.78, 5) is 0. The van der Waals surface area contributed by atoms with E-state index in [2.05, 4.69) is 5.16 Å². The van der Waals surface area contributed by atoms with Crippen LogP contribution in [0.4, 0.5) is 0 Å². The van der Waals surface area contributed by atoms with E-state index in [9.17, 15) is 0 Å². The van der Waals surface area contributed by atoms with Crippen molar-refractivity contribution in [3.8, 4) is 0 Å². The second kappa shape index (κ2) is 6.13. The van der Waals surface area contributed by atoms with E-state index in [1.807, 2.05) is 11.8 Å². The lowest BCUT2D eigenvalue weighted by molar-refractivity contribution is 0.317. The number of hydrogen-bond acceptors (Lipinski definition) is 3. The Hall–Kier alpha value is -0.380. The molecule has 1 aliphatic rings. The van der Waals surface area contributed by atoms with Gasteiger partial charge in [-0.15, -0.1) is 0 Å². The van der Waals surface area contributed by atoms with Crippen molar-refractivity contribution < 1.29 is 5.21 Å². The zero-order valence-corrected chi connectivity index (χ0v) is 8.72. The number of nitrogens with zero attached hydrogens (tertiary/aromatic N) is 1. The molecule has 1 aliphatic carbocycles. The summed E-state index contributed by atoms with van der Waals surface area (Å²) in [6.45, 7) is 0. The topological polar surface area (TPSA) is 58.6 Å². The van der Waals surface area contributed by atoms with Crippen LogP contribution in [0.5, 0.6) is 0 Å². The highest BCUT2D eigenvalue weighted by atomic mass is 32.2. The number of amidine groups is 1. The zero-order chi connectivity index (χ0) is 9.52. The summed E-state index contributed by atoms with van der Waals surface area (Å²) in [6.07, 6.45) is 7.55. The average Bonchev–Trinajstić information content (AvgIpc) is 2.19. The number of hydrogen-bond donors (Lipinski definition) is 2. The normalized spacial score (nSPS) is 20.5. The number of thioether (sulfide) groups is 1. The van der Waals surface area contributed by atoms with Gasteiger partial charge in [0.05, 0.1) is 0 Å². The Kier molecular flexibility index (Phi) is 5.05. The van der Waals surface area contributed by atoms with Crippen molar-refractivity contribution in [1.29, 1.82) is 0 Å². The van der Waals surface area contributed by atoms with Gasteiger partial charge in [-0.2, -0.15) is 11.8 Å². The van der Waals surface area contributed by atoms with Crippen molar-refractivity contribution >= 4 is 17.6 Å². The summed E-state index contributed by atoms with van der Waals surface area (Å²) < 4.78 is 0. The molecule has 1 rings (SSSR count). The highest BCUT2D eigenvalue weighted by Gasteiger charge is 2.13. The lowest BCUT2D eigenvalue weighted by atomic mass is 10.0. The SMILES string of the molecule is N/C(CCSC1CCCCC1)=N\O. The molecule has 3 N–H and O–H groups in total. The fraction of sp³-hybridized carbons (Fsp3) is 0.889. The summed E-state index contributed by atoms with van der Waals surface area (Å²) in [5.41, 5.74) is 5.38. The van der Waals surface area contributed by atoms with Crippen LogP contribution >= 0.6 is 11.8 Å². The Bertz CT molecular complexity index is 167. The lowest BCUT2D eigenvalue weighted by Gasteiger charge is -2.20. The maximum Gasteiger partial charge on any atom is 0.139 e. The fourth-order valence-corrected chi connectivity index (χ4v) is 2.94. The molecule has 4 heteroatoms. The second-order valence-corrected chi connectivity index (χ2v) is 4.88. The Balaban J connectivity index is 2.04. The molecule has 76 valence electrons. The minimum atomic E-state index is 0.350. The van der Waals surface area contributed by atoms with Gasteiger partial charge in [-0.05, 0) is 12.8 Å². The van der Waals surface area contributed by atoms with Crippen LogP contribution in [-0.4, -0.2) is 22.0 Å². The van der Waals surface area contributed by atoms with Crippen LogP contribution in [0.3, 0.4) is 0 Å². The van der Waals surface area contributed by atoms with Gasteiger partial charge in [0, 0.05) is 17.4 Å². The van der Waals surface area contributed by atoms with E-state index >= 15 is 0 Å². The molecular formula is C9H18N2OS. The van der Waals surface area contributed by atoms with Crippen LogP contribution in [0, 0.1) is 0 Å². The van der Waals surface area contributed by atoms with Gasteiger partial charge in [-0.25, -0.2) is 0 Å². The first-order valence-electron chi connectivity index (χ1n) is 4.91. The first-order valence-corrected chi connectivity index (χ1v) is 5.96. The second-order valence-electron chi connectivity index (χ2n) is 3.47. The molecule has 0 heterocycles. The van der Waals surface area contributed by atoms with Gasteiger partial charge in [0.2, 0.25) is 0 Å². The maximum absolute atomic E-state index is 8.33. The van der Waals surface area contributed by atoms with Gasteiger partial charge in [0.25, 0.3) is 0 Å². The maximum atomic E-state index is 8.33. The molecule has 0 aliphatic heterocycles. The highest BCUT2D eigenvalue weighted by Crippen LogP contribution is 2.28. The van der Waals surface area contributed by atoms with E-state index in [0.717, 1.165) is 11.0 Å². The molecule has 13 heavy (non-hydrogen) atoms. The summed E-state index contributed by atoms with van der Waals surface area (Å²) in [7, 11) is 0. The number of oxime groups is 1. The first kappa shape index (κ1) is 10.7. The standard InChI is InChI=1S/C9H18N2OS/c10-9(11-12)6-7-13-8-4-2-1-3-5-8/h8,12H,1-7H2,(H2,10,11). The van der Waals surface area contributed by atoms with Crippen LogP contribution in [-0.2, 0) is 0 Å². The van der Waals surface area contributed by atoms with E-state index < -0.39 is 0 Å². The number of rotatable bonds is 4. The van der Waals surface area contributed by atoms with Crippen molar-refractivity contribution in [3.05, 3.63) is 0 Å². The molecule has 0 aromatic rings. The highest BCUT2D eigenvalue weighted by molar-refractivity contribution is 7.99. The molecule has 3 nitrogen and oxygen atoms in total. The summed E-state index contributed by atoms with van der Waals surface area (Å²) in [6, 6.07) is 0. The van der Waals surface area contributed by atoms with E-state index in [4.69, 9.17) is 10.9 Å². The molecule has 0 saturated heterocycles. The van der Waals surface area contributed by atoms with Gasteiger partial charge in [-0.3, -0.25) is 0 Å². The van der Waals surface area contributed by atoms with Crippen LogP contribution < -0.4 is 5.73 Å². The van der Waals surface area contributed by atoms with E-state index in [-0.39, 0.29) is 0 Å². The van der Waals surface area contributed by atoms with Crippen molar-refractivity contribution in [2.75, 3.05) is 5.75 Å². The summed E-state index contributed by atoms with van der Waals surface area (Å²) in [5.74, 6) is 1.34. The molecule has 0 atom stereocenters. The van der Waals surface area contributed by atoms with Crippen molar-refractivity contribution in [2.24, 2.45) is 10.9 Å². The molecule has 0 unspecified atom stereocenters. The predicted octanol–water partition coefficient (Wildman–Crippen LogP) is 2.19. The molecule has 0 bridgehead atoms. The molecule has 1 fully saturated rings. The largest absolute Gasteiger partial charge is 0.409 e. The van der Waals surface area contributed by atoms with E-state index in [1.165, 1.54) is 32.1 Å². The Morgan fingerprint density at radius 3 is 2.69 bits per heavy atom. The monoisotopic (exact) mass is 202 g/mol. The molecule has 0 spiro atoms. The Morgan fingerprint density at radius 2 is 2.08 bits per heavy atom. The van der Waals surface area contributed by atoms with Gasteiger partial charge in [-0.1, -0.05) is 24.4 Å². The van der Waals surface area contributed by atoms with Crippen LogP contribution in [0.15, 0.2) is 5.16 Å². The lowest BCUT2D eigenvalue weighted by Crippen LogP contribution is -2.14. The van der Waals surface area contributed by atoms with Crippen molar-refractivity contribution in [3.63, 3.8) is 0 Å². The third-order valence-corrected chi connectivity index (χ3v) is 3.78. The molecule has 0 aromatic carbocycles. The van der Waals surface area contributed by atoms with Crippen molar-refractivity contribution in [1.82, 2.24) is 0 Å². The third-order valence-electron chi connectivity index (χ3n) is 2.39. The molecule has 0 amide bonds.